The van der Waals surface area contributed by atoms with Crippen LogP contribution in [0.25, 0.3) is 0 Å². The number of rotatable bonds is 22. The lowest BCUT2D eigenvalue weighted by Gasteiger charge is -2.31. The molecule has 1 aromatic rings. The average Bonchev–Trinajstić information content (AvgIpc) is 3.08. The summed E-state index contributed by atoms with van der Waals surface area (Å²) >= 11 is 0. The Morgan fingerprint density at radius 1 is 0.811 bits per heavy atom. The van der Waals surface area contributed by atoms with Gasteiger partial charge in [0.2, 0.25) is 11.8 Å². The van der Waals surface area contributed by atoms with Crippen LogP contribution in [0.4, 0.5) is 15.3 Å². The summed E-state index contributed by atoms with van der Waals surface area (Å²) in [5.74, 6) is -2.87. The van der Waals surface area contributed by atoms with Gasteiger partial charge in [0.25, 0.3) is 11.8 Å². The van der Waals surface area contributed by atoms with Crippen LogP contribution in [0.15, 0.2) is 29.3 Å². The van der Waals surface area contributed by atoms with Gasteiger partial charge in [0.1, 0.15) is 24.4 Å². The molecule has 3 atom stereocenters. The monoisotopic (exact) mass is 743 g/mol. The van der Waals surface area contributed by atoms with Crippen LogP contribution in [0.3, 0.4) is 0 Å². The number of hydrogen-bond donors (Lipinski definition) is 5. The topological polar surface area (TPSA) is 218 Å². The third-order valence-corrected chi connectivity index (χ3v) is 8.49. The van der Waals surface area contributed by atoms with Crippen LogP contribution < -0.4 is 27.0 Å². The molecule has 15 heteroatoms. The zero-order valence-electron chi connectivity index (χ0n) is 32.9. The summed E-state index contributed by atoms with van der Waals surface area (Å²) in [4.78, 5) is 93.8. The van der Waals surface area contributed by atoms with Crippen LogP contribution in [0.2, 0.25) is 0 Å². The summed E-state index contributed by atoms with van der Waals surface area (Å²) in [7, 11) is 1.46. The second-order valence-corrected chi connectivity index (χ2v) is 14.2. The maximum Gasteiger partial charge on any atom is 0.410 e. The van der Waals surface area contributed by atoms with E-state index in [2.05, 4.69) is 33.2 Å². The standard InChI is InChI=1S/C38H61N7O8/c1-10-11-12-13-16-30(47)43-32(24(4)5)35(49)42-29(15-14-21-40-37(39)51)34(48)41-28-19-17-27(18-20-28)22-53-38(52)45(9)33(25(6)7)36(50)44-31(23(2)3)26(8)46/h17-20,23-25,31-33H,10-16,21-22H2,1-9H3,(H,41,48)(H,43,47)(H,44,50)(H3,39,40,51)/t31-,32-,33-/m0/s1. The van der Waals surface area contributed by atoms with E-state index in [4.69, 9.17) is 10.5 Å². The fraction of sp³-hybridized carbons (Fsp3) is 0.632. The number of benzene rings is 1. The number of nitrogens with two attached hydrogens (primary N) is 1. The van der Waals surface area contributed by atoms with Crippen molar-refractivity contribution >= 4 is 52.9 Å². The summed E-state index contributed by atoms with van der Waals surface area (Å²) in [6, 6.07) is 3.25. The Labute approximate surface area is 314 Å². The molecule has 0 aromatic heterocycles. The molecule has 0 radical (unpaired) electrons. The molecule has 0 heterocycles. The van der Waals surface area contributed by atoms with Crippen molar-refractivity contribution in [2.24, 2.45) is 28.5 Å². The maximum absolute atomic E-state index is 13.4. The molecule has 0 bridgehead atoms. The molecule has 1 aromatic carbocycles. The van der Waals surface area contributed by atoms with Gasteiger partial charge in [-0.1, -0.05) is 79.9 Å². The minimum absolute atomic E-state index is 0.0391. The molecule has 15 nitrogen and oxygen atoms in total. The van der Waals surface area contributed by atoms with E-state index in [9.17, 15) is 33.6 Å². The van der Waals surface area contributed by atoms with Gasteiger partial charge < -0.3 is 31.7 Å². The highest BCUT2D eigenvalue weighted by Crippen LogP contribution is 2.16. The normalized spacial score (nSPS) is 13.2. The van der Waals surface area contributed by atoms with Crippen LogP contribution in [0, 0.1) is 17.8 Å². The molecule has 296 valence electrons. The summed E-state index contributed by atoms with van der Waals surface area (Å²) in [5, 5.41) is 10.7. The van der Waals surface area contributed by atoms with Crippen LogP contribution >= 0.6 is 0 Å². The molecule has 6 N–H and O–H groups in total. The lowest BCUT2D eigenvalue weighted by molar-refractivity contribution is -0.131. The Hall–Kier alpha value is -4.82. The van der Waals surface area contributed by atoms with E-state index in [0.717, 1.165) is 19.3 Å². The molecule has 0 aliphatic heterocycles. The summed E-state index contributed by atoms with van der Waals surface area (Å²) in [6.07, 6.45) is 3.54. The Balaban J connectivity index is 3.02. The van der Waals surface area contributed by atoms with Crippen molar-refractivity contribution in [3.8, 4) is 0 Å². The minimum Gasteiger partial charge on any atom is -0.445 e. The van der Waals surface area contributed by atoms with Crippen LogP contribution in [-0.4, -0.2) is 83.9 Å². The molecular weight excluding hydrogens is 682 g/mol. The van der Waals surface area contributed by atoms with E-state index >= 15 is 0 Å². The van der Waals surface area contributed by atoms with Crippen molar-refractivity contribution in [3.63, 3.8) is 0 Å². The molecule has 1 rings (SSSR count). The van der Waals surface area contributed by atoms with E-state index in [1.807, 2.05) is 13.8 Å². The number of nitrogens with one attached hydrogen (secondary N) is 4. The molecule has 0 saturated carbocycles. The summed E-state index contributed by atoms with van der Waals surface area (Å²) < 4.78 is 5.47. The van der Waals surface area contributed by atoms with Gasteiger partial charge in [-0.3, -0.25) is 28.9 Å². The maximum atomic E-state index is 13.4. The summed E-state index contributed by atoms with van der Waals surface area (Å²) in [5.41, 5.74) is 6.03. The Kier molecular flexibility index (Phi) is 20.6. The van der Waals surface area contributed by atoms with Crippen LogP contribution in [0.1, 0.15) is 106 Å². The third-order valence-electron chi connectivity index (χ3n) is 8.49. The molecule has 0 saturated heterocycles. The first-order valence-corrected chi connectivity index (χ1v) is 18.4. The number of urea groups is 1. The van der Waals surface area contributed by atoms with Crippen LogP contribution in [-0.2, 0) is 35.3 Å². The van der Waals surface area contributed by atoms with Gasteiger partial charge in [-0.2, -0.15) is 0 Å². The number of hydrogen-bond acceptors (Lipinski definition) is 8. The van der Waals surface area contributed by atoms with Crippen LogP contribution in [0.5, 0.6) is 0 Å². The molecule has 7 amide bonds. The van der Waals surface area contributed by atoms with Crippen molar-refractivity contribution < 1.29 is 38.3 Å². The van der Waals surface area contributed by atoms with E-state index in [1.165, 1.54) is 18.9 Å². The number of Topliss-reactive ketones (excluding diaryl/α,β-unsaturated/α-hetero) is 1. The van der Waals surface area contributed by atoms with Crippen molar-refractivity contribution in [3.05, 3.63) is 29.8 Å². The number of aliphatic imine (C=N–C) groups is 1. The average molecular weight is 744 g/mol. The van der Waals surface area contributed by atoms with Crippen molar-refractivity contribution in [2.75, 3.05) is 18.9 Å². The third kappa shape index (κ3) is 17.0. The van der Waals surface area contributed by atoms with E-state index in [-0.39, 0.29) is 67.6 Å². The van der Waals surface area contributed by atoms with Gasteiger partial charge in [-0.05, 0) is 61.6 Å². The first-order chi connectivity index (χ1) is 24.9. The first kappa shape index (κ1) is 46.2. The number of nitrogens with zero attached hydrogens (tertiary/aromatic N) is 2. The predicted molar refractivity (Wildman–Crippen MR) is 204 cm³/mol. The van der Waals surface area contributed by atoms with Crippen molar-refractivity contribution in [1.82, 2.24) is 20.9 Å². The molecule has 0 aliphatic rings. The van der Waals surface area contributed by atoms with Gasteiger partial charge in [0.05, 0.1) is 6.04 Å². The number of amides is 7. The fourth-order valence-electron chi connectivity index (χ4n) is 5.51. The molecule has 0 spiro atoms. The molecule has 0 aliphatic carbocycles. The smallest absolute Gasteiger partial charge is 0.410 e. The lowest BCUT2D eigenvalue weighted by Crippen LogP contribution is -2.55. The zero-order chi connectivity index (χ0) is 40.2. The Bertz CT molecular complexity index is 1430. The lowest BCUT2D eigenvalue weighted by atomic mass is 9.97. The Morgan fingerprint density at radius 3 is 1.96 bits per heavy atom. The van der Waals surface area contributed by atoms with E-state index in [1.54, 1.807) is 52.0 Å². The minimum atomic E-state index is -0.927. The largest absolute Gasteiger partial charge is 0.445 e. The molecule has 0 unspecified atom stereocenters. The fourth-order valence-corrected chi connectivity index (χ4v) is 5.51. The second-order valence-electron chi connectivity index (χ2n) is 14.2. The zero-order valence-corrected chi connectivity index (χ0v) is 32.9. The quantitative estimate of drug-likeness (QED) is 0.0841. The Morgan fingerprint density at radius 2 is 1.43 bits per heavy atom. The highest BCUT2D eigenvalue weighted by molar-refractivity contribution is 6.44. The molecule has 0 fully saturated rings. The van der Waals surface area contributed by atoms with Crippen molar-refractivity contribution in [2.45, 2.75) is 125 Å². The number of ether oxygens (including phenoxy) is 1. The van der Waals surface area contributed by atoms with E-state index in [0.29, 0.717) is 17.7 Å². The second kappa shape index (κ2) is 23.7. The highest BCUT2D eigenvalue weighted by atomic mass is 16.6. The predicted octanol–water partition coefficient (Wildman–Crippen LogP) is 4.48. The number of carbonyl (C=O) groups excluding carboxylic acids is 7. The van der Waals surface area contributed by atoms with Gasteiger partial charge in [-0.15, -0.1) is 0 Å². The number of anilines is 1. The SMILES string of the molecule is CCCCCCC(=O)N[C@H](C(=O)N=C(CCCNC(N)=O)C(=O)Nc1ccc(COC(=O)N(C)[C@H](C(=O)N[C@H](C(C)=O)C(C)C)C(C)C)cc1)C(C)C. The number of ketones is 1. The van der Waals surface area contributed by atoms with E-state index < -0.39 is 48.0 Å². The van der Waals surface area contributed by atoms with Crippen molar-refractivity contribution in [1.29, 1.82) is 0 Å². The number of carbonyl (C=O) groups is 7. The molecular formula is C38H61N7O8. The van der Waals surface area contributed by atoms with Gasteiger partial charge >= 0.3 is 12.1 Å². The highest BCUT2D eigenvalue weighted by Gasteiger charge is 2.33. The van der Waals surface area contributed by atoms with Gasteiger partial charge in [0, 0.05) is 25.7 Å². The molecule has 53 heavy (non-hydrogen) atoms. The summed E-state index contributed by atoms with van der Waals surface area (Å²) in [6.45, 7) is 14.3. The van der Waals surface area contributed by atoms with Gasteiger partial charge in [0.15, 0.2) is 5.78 Å². The number of likely N-dealkylation sites (N-methyl/N-ethyl adjacent to an activating group) is 1. The first-order valence-electron chi connectivity index (χ1n) is 18.4. The number of unbranched alkanes of at least 4 members (excludes halogenated alkanes) is 3. The number of primary amides is 1. The van der Waals surface area contributed by atoms with Gasteiger partial charge in [-0.25, -0.2) is 14.6 Å².